The lowest BCUT2D eigenvalue weighted by molar-refractivity contribution is 0.102. The molecule has 0 saturated carbocycles. The molecule has 0 atom stereocenters. The summed E-state index contributed by atoms with van der Waals surface area (Å²) >= 11 is 12.3. The third-order valence-electron chi connectivity index (χ3n) is 5.33. The topological polar surface area (TPSA) is 78.9 Å². The van der Waals surface area contributed by atoms with Crippen molar-refractivity contribution in [2.75, 3.05) is 16.0 Å². The highest BCUT2D eigenvalue weighted by Gasteiger charge is 2.13. The van der Waals surface area contributed by atoms with Crippen LogP contribution in [0.2, 0.25) is 10.0 Å². The monoisotopic (exact) mass is 505 g/mol. The van der Waals surface area contributed by atoms with Gasteiger partial charge >= 0.3 is 0 Å². The fourth-order valence-corrected chi connectivity index (χ4v) is 3.92. The second kappa shape index (κ2) is 11.2. The first kappa shape index (κ1) is 24.5. The number of hydrogen-bond acceptors (Lipinski definition) is 5. The molecule has 3 aromatic carbocycles. The number of aromatic nitrogens is 2. The number of rotatable bonds is 2. The molecule has 4 aromatic rings. The number of carbonyl (C=O) groups is 1. The number of aryl methyl sites for hydroxylation is 2. The van der Waals surface area contributed by atoms with Gasteiger partial charge in [0.2, 0.25) is 5.95 Å². The van der Waals surface area contributed by atoms with E-state index in [4.69, 9.17) is 23.2 Å². The lowest BCUT2D eigenvalue weighted by Crippen LogP contribution is -2.13. The Morgan fingerprint density at radius 1 is 0.914 bits per heavy atom. The van der Waals surface area contributed by atoms with Gasteiger partial charge in [-0.05, 0) is 78.6 Å². The molecule has 35 heavy (non-hydrogen) atoms. The fraction of sp³-hybridized carbons (Fsp3) is 0.148. The van der Waals surface area contributed by atoms with Gasteiger partial charge in [0.15, 0.2) is 5.82 Å². The first-order valence-electron chi connectivity index (χ1n) is 11.4. The Morgan fingerprint density at radius 2 is 1.69 bits per heavy atom. The van der Waals surface area contributed by atoms with Crippen LogP contribution in [0.15, 0.2) is 72.9 Å². The second-order valence-electron chi connectivity index (χ2n) is 7.67. The minimum Gasteiger partial charge on any atom is -0.339 e. The van der Waals surface area contributed by atoms with Crippen molar-refractivity contribution >= 4 is 57.9 Å². The number of halogens is 2. The van der Waals surface area contributed by atoms with Gasteiger partial charge in [0.05, 0.1) is 6.20 Å². The second-order valence-corrected chi connectivity index (χ2v) is 8.52. The molecule has 6 nitrogen and oxygen atoms in total. The number of nitrogens with one attached hydrogen (secondary N) is 3. The lowest BCUT2D eigenvalue weighted by Gasteiger charge is -2.15. The predicted octanol–water partition coefficient (Wildman–Crippen LogP) is 7.65. The van der Waals surface area contributed by atoms with Crippen LogP contribution in [0.1, 0.15) is 35.3 Å². The number of benzene rings is 3. The number of carbonyl (C=O) groups excluding carboxylic acids is 1. The van der Waals surface area contributed by atoms with Crippen LogP contribution in [0.25, 0.3) is 0 Å². The molecule has 0 spiro atoms. The van der Waals surface area contributed by atoms with Crippen LogP contribution >= 0.6 is 23.2 Å². The Kier molecular flexibility index (Phi) is 7.85. The molecule has 2 heterocycles. The molecule has 8 heteroatoms. The predicted molar refractivity (Wildman–Crippen MR) is 145 cm³/mol. The summed E-state index contributed by atoms with van der Waals surface area (Å²) in [5.41, 5.74) is 5.14. The zero-order chi connectivity index (χ0) is 24.8. The SMILES string of the molecule is CC.O=C(Nc1ccc2cc1CCc1cccc(c1)Nc1ncc(Cl)c(n1)N2)c1ccc(Cl)cc1. The summed E-state index contributed by atoms with van der Waals surface area (Å²) in [4.78, 5) is 21.6. The quantitative estimate of drug-likeness (QED) is 0.260. The summed E-state index contributed by atoms with van der Waals surface area (Å²) in [6.07, 6.45) is 3.08. The number of anilines is 5. The molecule has 1 aliphatic heterocycles. The molecule has 6 bridgehead atoms. The number of amides is 1. The Bertz CT molecular complexity index is 1340. The van der Waals surface area contributed by atoms with Gasteiger partial charge in [-0.1, -0.05) is 49.2 Å². The molecule has 178 valence electrons. The zero-order valence-electron chi connectivity index (χ0n) is 19.4. The van der Waals surface area contributed by atoms with Crippen molar-refractivity contribution in [1.29, 1.82) is 0 Å². The molecular formula is C27H25Cl2N5O. The fourth-order valence-electron chi connectivity index (χ4n) is 3.66. The van der Waals surface area contributed by atoms with Gasteiger partial charge < -0.3 is 16.0 Å². The van der Waals surface area contributed by atoms with Crippen molar-refractivity contribution in [2.45, 2.75) is 26.7 Å². The van der Waals surface area contributed by atoms with Crippen molar-refractivity contribution < 1.29 is 4.79 Å². The lowest BCUT2D eigenvalue weighted by atomic mass is 10.0. The van der Waals surface area contributed by atoms with Gasteiger partial charge in [-0.15, -0.1) is 0 Å². The van der Waals surface area contributed by atoms with Gasteiger partial charge in [-0.2, -0.15) is 4.98 Å². The van der Waals surface area contributed by atoms with Crippen molar-refractivity contribution in [1.82, 2.24) is 9.97 Å². The third-order valence-corrected chi connectivity index (χ3v) is 5.86. The standard InChI is InChI=1S/C25H19Cl2N5O.C2H6/c26-18-8-6-16(7-9-18)24(33)31-22-11-10-20-13-17(22)5-4-15-2-1-3-19(12-15)30-25-28-14-21(27)23(29-20)32-25;1-2/h1-3,6-14H,4-5H2,(H,31,33)(H2,28,29,30,32);1-2H3. The van der Waals surface area contributed by atoms with E-state index in [-0.39, 0.29) is 5.91 Å². The van der Waals surface area contributed by atoms with E-state index in [2.05, 4.69) is 38.1 Å². The van der Waals surface area contributed by atoms with E-state index in [1.54, 1.807) is 30.5 Å². The van der Waals surface area contributed by atoms with Crippen LogP contribution in [-0.4, -0.2) is 15.9 Å². The maximum atomic E-state index is 12.8. The average Bonchev–Trinajstić information content (AvgIpc) is 2.88. The summed E-state index contributed by atoms with van der Waals surface area (Å²) in [5.74, 6) is 0.750. The number of nitrogens with zero attached hydrogens (tertiary/aromatic N) is 2. The normalized spacial score (nSPS) is 11.8. The van der Waals surface area contributed by atoms with Crippen molar-refractivity contribution in [3.63, 3.8) is 0 Å². The third kappa shape index (κ3) is 6.10. The molecule has 3 N–H and O–H groups in total. The maximum absolute atomic E-state index is 12.8. The number of hydrogen-bond donors (Lipinski definition) is 3. The van der Waals surface area contributed by atoms with Gasteiger partial charge in [0, 0.05) is 27.6 Å². The van der Waals surface area contributed by atoms with E-state index >= 15 is 0 Å². The largest absolute Gasteiger partial charge is 0.339 e. The minimum atomic E-state index is -0.193. The van der Waals surface area contributed by atoms with Crippen molar-refractivity contribution in [3.8, 4) is 0 Å². The first-order chi connectivity index (χ1) is 17.0. The zero-order valence-corrected chi connectivity index (χ0v) is 20.9. The Labute approximate surface area is 214 Å². The highest BCUT2D eigenvalue weighted by molar-refractivity contribution is 6.33. The summed E-state index contributed by atoms with van der Waals surface area (Å²) in [7, 11) is 0. The van der Waals surface area contributed by atoms with E-state index in [0.717, 1.165) is 41.0 Å². The van der Waals surface area contributed by atoms with Crippen LogP contribution in [0.3, 0.4) is 0 Å². The molecule has 1 aromatic heterocycles. The van der Waals surface area contributed by atoms with Crippen LogP contribution in [0, 0.1) is 0 Å². The maximum Gasteiger partial charge on any atom is 0.255 e. The highest BCUT2D eigenvalue weighted by atomic mass is 35.5. The smallest absolute Gasteiger partial charge is 0.255 e. The van der Waals surface area contributed by atoms with Crippen LogP contribution in [-0.2, 0) is 12.8 Å². The van der Waals surface area contributed by atoms with Crippen LogP contribution in [0.5, 0.6) is 0 Å². The van der Waals surface area contributed by atoms with E-state index < -0.39 is 0 Å². The van der Waals surface area contributed by atoms with Crippen LogP contribution in [0.4, 0.5) is 28.8 Å². The molecule has 5 rings (SSSR count). The van der Waals surface area contributed by atoms with E-state index in [0.29, 0.717) is 27.4 Å². The molecular weight excluding hydrogens is 481 g/mol. The highest BCUT2D eigenvalue weighted by Crippen LogP contribution is 2.29. The van der Waals surface area contributed by atoms with E-state index in [9.17, 15) is 4.79 Å². The molecule has 0 unspecified atom stereocenters. The van der Waals surface area contributed by atoms with E-state index in [1.807, 2.05) is 44.2 Å². The Morgan fingerprint density at radius 3 is 2.49 bits per heavy atom. The molecule has 1 amide bonds. The van der Waals surface area contributed by atoms with Crippen LogP contribution < -0.4 is 16.0 Å². The van der Waals surface area contributed by atoms with Gasteiger partial charge in [0.25, 0.3) is 5.91 Å². The van der Waals surface area contributed by atoms with Crippen molar-refractivity contribution in [2.24, 2.45) is 0 Å². The summed E-state index contributed by atoms with van der Waals surface area (Å²) in [5, 5.41) is 10.5. The molecule has 0 radical (unpaired) electrons. The molecule has 0 fully saturated rings. The minimum absolute atomic E-state index is 0.193. The van der Waals surface area contributed by atoms with Gasteiger partial charge in [-0.3, -0.25) is 4.79 Å². The summed E-state index contributed by atoms with van der Waals surface area (Å²) in [6, 6.07) is 20.7. The van der Waals surface area contributed by atoms with Gasteiger partial charge in [-0.25, -0.2) is 4.98 Å². The summed E-state index contributed by atoms with van der Waals surface area (Å²) < 4.78 is 0. The molecule has 1 aliphatic rings. The molecule has 0 aliphatic carbocycles. The van der Waals surface area contributed by atoms with Crippen molar-refractivity contribution in [3.05, 3.63) is 99.7 Å². The molecule has 0 saturated heterocycles. The first-order valence-corrected chi connectivity index (χ1v) is 12.1. The number of fused-ring (bicyclic) bond motifs is 6. The summed E-state index contributed by atoms with van der Waals surface area (Å²) in [6.45, 7) is 4.00. The Hall–Kier alpha value is -3.61. The Balaban J connectivity index is 0.00000141. The van der Waals surface area contributed by atoms with Gasteiger partial charge in [0.1, 0.15) is 5.02 Å². The van der Waals surface area contributed by atoms with E-state index in [1.165, 1.54) is 0 Å². The average molecular weight is 506 g/mol.